The van der Waals surface area contributed by atoms with Gasteiger partial charge in [-0.15, -0.1) is 0 Å². The zero-order valence-electron chi connectivity index (χ0n) is 16.8. The number of hydrogen-bond donors (Lipinski definition) is 2. The van der Waals surface area contributed by atoms with Crippen LogP contribution in [0.5, 0.6) is 0 Å². The van der Waals surface area contributed by atoms with Crippen molar-refractivity contribution in [3.8, 4) is 0 Å². The van der Waals surface area contributed by atoms with E-state index >= 15 is 0 Å². The van der Waals surface area contributed by atoms with E-state index in [0.717, 1.165) is 69.6 Å². The first-order valence-corrected chi connectivity index (χ1v) is 9.97. The van der Waals surface area contributed by atoms with Crippen molar-refractivity contribution in [2.24, 2.45) is 4.99 Å². The Labute approximate surface area is 157 Å². The fourth-order valence-corrected chi connectivity index (χ4v) is 3.19. The van der Waals surface area contributed by atoms with Crippen LogP contribution in [0.25, 0.3) is 0 Å². The zero-order chi connectivity index (χ0) is 18.8. The molecule has 1 saturated heterocycles. The van der Waals surface area contributed by atoms with Crippen molar-refractivity contribution in [1.29, 1.82) is 0 Å². The van der Waals surface area contributed by atoms with Gasteiger partial charge in [0.05, 0.1) is 18.9 Å². The summed E-state index contributed by atoms with van der Waals surface area (Å²) in [7, 11) is 0. The summed E-state index contributed by atoms with van der Waals surface area (Å²) in [4.78, 5) is 7.09. The molecule has 1 fully saturated rings. The lowest BCUT2D eigenvalue weighted by atomic mass is 9.99. The largest absolute Gasteiger partial charge is 0.379 e. The molecule has 148 valence electrons. The number of ether oxygens (including phenoxy) is 1. The summed E-state index contributed by atoms with van der Waals surface area (Å²) in [5, 5.41) is 10.9. The summed E-state index contributed by atoms with van der Waals surface area (Å²) in [6.07, 6.45) is 2.16. The molecule has 1 atom stereocenters. The third-order valence-electron chi connectivity index (χ3n) is 4.95. The number of aliphatic imine (C=N–C) groups is 1. The molecule has 2 rings (SSSR count). The molecule has 1 aliphatic rings. The molecule has 0 aliphatic carbocycles. The first-order chi connectivity index (χ1) is 12.7. The predicted molar refractivity (Wildman–Crippen MR) is 104 cm³/mol. The molecule has 7 nitrogen and oxygen atoms in total. The number of nitrogens with one attached hydrogen (secondary N) is 2. The highest BCUT2D eigenvalue weighted by Gasteiger charge is 2.17. The summed E-state index contributed by atoms with van der Waals surface area (Å²) in [6, 6.07) is 2.48. The van der Waals surface area contributed by atoms with Crippen LogP contribution in [0.1, 0.15) is 57.9 Å². The topological polar surface area (TPSA) is 74.9 Å². The maximum absolute atomic E-state index is 5.46. The molecule has 2 N–H and O–H groups in total. The van der Waals surface area contributed by atoms with Crippen molar-refractivity contribution in [3.63, 3.8) is 0 Å². The maximum atomic E-state index is 5.46. The van der Waals surface area contributed by atoms with Gasteiger partial charge in [-0.3, -0.25) is 4.90 Å². The second kappa shape index (κ2) is 11.2. The predicted octanol–water partition coefficient (Wildman–Crippen LogP) is 2.35. The molecular formula is C19H35N5O2. The quantitative estimate of drug-likeness (QED) is 0.517. The Kier molecular flexibility index (Phi) is 8.91. The van der Waals surface area contributed by atoms with E-state index in [-0.39, 0.29) is 0 Å². The minimum absolute atomic E-state index is 0.439. The fraction of sp³-hybridized carbons (Fsp3) is 0.789. The van der Waals surface area contributed by atoms with E-state index in [2.05, 4.69) is 53.4 Å². The highest BCUT2D eigenvalue weighted by Crippen LogP contribution is 2.22. The van der Waals surface area contributed by atoms with E-state index in [4.69, 9.17) is 9.26 Å². The number of guanidine groups is 1. The second-order valence-corrected chi connectivity index (χ2v) is 6.80. The van der Waals surface area contributed by atoms with Crippen LogP contribution in [-0.4, -0.2) is 61.5 Å². The second-order valence-electron chi connectivity index (χ2n) is 6.80. The number of morpholine rings is 1. The van der Waals surface area contributed by atoms with Crippen LogP contribution in [0.15, 0.2) is 15.6 Å². The molecule has 0 aromatic carbocycles. The Morgan fingerprint density at radius 3 is 2.62 bits per heavy atom. The average molecular weight is 366 g/mol. The van der Waals surface area contributed by atoms with Crippen LogP contribution in [0.4, 0.5) is 0 Å². The van der Waals surface area contributed by atoms with Gasteiger partial charge in [-0.05, 0) is 26.7 Å². The lowest BCUT2D eigenvalue weighted by Crippen LogP contribution is -2.49. The normalized spacial score (nSPS) is 17.5. The van der Waals surface area contributed by atoms with Crippen molar-refractivity contribution in [2.45, 2.75) is 59.0 Å². The smallest absolute Gasteiger partial charge is 0.191 e. The summed E-state index contributed by atoms with van der Waals surface area (Å²) < 4.78 is 10.9. The standard InChI is InChI=1S/C19H35N5O2/c1-5-16(6-2)18-12-17(26-23-18)14-22-19(20-7-3)21-13-15(4)24-8-10-25-11-9-24/h12,15-16H,5-11,13-14H2,1-4H3,(H2,20,21,22). The number of nitrogens with zero attached hydrogens (tertiary/aromatic N) is 3. The Morgan fingerprint density at radius 2 is 1.96 bits per heavy atom. The molecule has 26 heavy (non-hydrogen) atoms. The van der Waals surface area contributed by atoms with Crippen LogP contribution in [0.2, 0.25) is 0 Å². The lowest BCUT2D eigenvalue weighted by Gasteiger charge is -2.32. The van der Waals surface area contributed by atoms with Gasteiger partial charge in [0.1, 0.15) is 6.54 Å². The lowest BCUT2D eigenvalue weighted by molar-refractivity contribution is 0.0211. The van der Waals surface area contributed by atoms with Gasteiger partial charge in [-0.2, -0.15) is 0 Å². The molecular weight excluding hydrogens is 330 g/mol. The van der Waals surface area contributed by atoms with Gasteiger partial charge in [0, 0.05) is 44.2 Å². The van der Waals surface area contributed by atoms with Gasteiger partial charge in [-0.25, -0.2) is 4.99 Å². The summed E-state index contributed by atoms with van der Waals surface area (Å²) in [5.41, 5.74) is 1.04. The zero-order valence-corrected chi connectivity index (χ0v) is 16.8. The average Bonchev–Trinajstić information content (AvgIpc) is 3.14. The first-order valence-electron chi connectivity index (χ1n) is 9.97. The van der Waals surface area contributed by atoms with E-state index in [1.54, 1.807) is 0 Å². The molecule has 7 heteroatoms. The molecule has 0 spiro atoms. The molecule has 1 unspecified atom stereocenters. The summed E-state index contributed by atoms with van der Waals surface area (Å²) in [5.74, 6) is 2.09. The van der Waals surface area contributed by atoms with Gasteiger partial charge in [0.2, 0.25) is 0 Å². The van der Waals surface area contributed by atoms with Crippen molar-refractivity contribution in [1.82, 2.24) is 20.7 Å². The number of hydrogen-bond acceptors (Lipinski definition) is 5. The molecule has 1 aliphatic heterocycles. The van der Waals surface area contributed by atoms with Crippen LogP contribution in [0, 0.1) is 0 Å². The third kappa shape index (κ3) is 6.29. The van der Waals surface area contributed by atoms with Crippen LogP contribution in [-0.2, 0) is 11.3 Å². The fourth-order valence-electron chi connectivity index (χ4n) is 3.19. The van der Waals surface area contributed by atoms with Crippen LogP contribution in [0.3, 0.4) is 0 Å². The highest BCUT2D eigenvalue weighted by atomic mass is 16.5. The molecule has 1 aromatic rings. The molecule has 1 aromatic heterocycles. The van der Waals surface area contributed by atoms with E-state index in [1.807, 2.05) is 6.07 Å². The minimum Gasteiger partial charge on any atom is -0.379 e. The molecule has 0 bridgehead atoms. The Balaban J connectivity index is 1.87. The van der Waals surface area contributed by atoms with Gasteiger partial charge >= 0.3 is 0 Å². The Morgan fingerprint density at radius 1 is 1.23 bits per heavy atom. The first kappa shape index (κ1) is 20.7. The van der Waals surface area contributed by atoms with Gasteiger partial charge in [0.25, 0.3) is 0 Å². The molecule has 2 heterocycles. The van der Waals surface area contributed by atoms with E-state index in [1.165, 1.54) is 0 Å². The maximum Gasteiger partial charge on any atom is 0.191 e. The van der Waals surface area contributed by atoms with E-state index in [9.17, 15) is 0 Å². The van der Waals surface area contributed by atoms with Crippen molar-refractivity contribution in [2.75, 3.05) is 39.4 Å². The van der Waals surface area contributed by atoms with Crippen molar-refractivity contribution >= 4 is 5.96 Å². The van der Waals surface area contributed by atoms with Crippen molar-refractivity contribution in [3.05, 3.63) is 17.5 Å². The summed E-state index contributed by atoms with van der Waals surface area (Å²) in [6.45, 7) is 14.5. The highest BCUT2D eigenvalue weighted by molar-refractivity contribution is 5.79. The third-order valence-corrected chi connectivity index (χ3v) is 4.95. The molecule has 0 saturated carbocycles. The van der Waals surface area contributed by atoms with Gasteiger partial charge < -0.3 is 19.9 Å². The van der Waals surface area contributed by atoms with Crippen LogP contribution < -0.4 is 10.6 Å². The monoisotopic (exact) mass is 365 g/mol. The van der Waals surface area contributed by atoms with Crippen molar-refractivity contribution < 1.29 is 9.26 Å². The van der Waals surface area contributed by atoms with Crippen LogP contribution >= 0.6 is 0 Å². The van der Waals surface area contributed by atoms with E-state index in [0.29, 0.717) is 18.5 Å². The number of aromatic nitrogens is 1. The van der Waals surface area contributed by atoms with Gasteiger partial charge in [-0.1, -0.05) is 19.0 Å². The SMILES string of the molecule is CCNC(=NCc1cc(C(CC)CC)no1)NCC(C)N1CCOCC1. The number of rotatable bonds is 9. The van der Waals surface area contributed by atoms with E-state index < -0.39 is 0 Å². The Hall–Kier alpha value is -1.60. The molecule has 0 amide bonds. The Bertz CT molecular complexity index is 536. The van der Waals surface area contributed by atoms with Gasteiger partial charge in [0.15, 0.2) is 11.7 Å². The summed E-state index contributed by atoms with van der Waals surface area (Å²) >= 11 is 0. The minimum atomic E-state index is 0.439. The molecule has 0 radical (unpaired) electrons.